The highest BCUT2D eigenvalue weighted by Gasteiger charge is 2.30. The highest BCUT2D eigenvalue weighted by Crippen LogP contribution is 2.35. The van der Waals surface area contributed by atoms with Crippen LogP contribution < -0.4 is 10.2 Å². The van der Waals surface area contributed by atoms with Gasteiger partial charge in [-0.3, -0.25) is 4.79 Å². The fourth-order valence-electron chi connectivity index (χ4n) is 3.13. The predicted molar refractivity (Wildman–Crippen MR) is 133 cm³/mol. The highest BCUT2D eigenvalue weighted by atomic mass is 32.2. The van der Waals surface area contributed by atoms with Gasteiger partial charge in [0.25, 0.3) is 10.0 Å². The summed E-state index contributed by atoms with van der Waals surface area (Å²) in [6.45, 7) is 15.4. The number of nitrogens with one attached hydrogen (secondary N) is 1. The monoisotopic (exact) mass is 483 g/mol. The van der Waals surface area contributed by atoms with Crippen LogP contribution in [0.3, 0.4) is 0 Å². The fraction of sp³-hybridized carbons (Fsp3) is 0.348. The first kappa shape index (κ1) is 26.5. The van der Waals surface area contributed by atoms with Gasteiger partial charge in [-0.25, -0.2) is 8.42 Å². The van der Waals surface area contributed by atoms with Crippen molar-refractivity contribution in [2.45, 2.75) is 33.1 Å². The molecular weight excluding hydrogens is 454 g/mol. The summed E-state index contributed by atoms with van der Waals surface area (Å²) in [6, 6.07) is 7.15. The average Bonchev–Trinajstić information content (AvgIpc) is 3.12. The lowest BCUT2D eigenvalue weighted by atomic mass is 9.90. The molecule has 0 radical (unpaired) electrons. The molecule has 1 aromatic heterocycles. The molecule has 0 spiro atoms. The van der Waals surface area contributed by atoms with Gasteiger partial charge in [0, 0.05) is 31.1 Å². The van der Waals surface area contributed by atoms with Crippen LogP contribution in [0, 0.1) is 11.3 Å². The summed E-state index contributed by atoms with van der Waals surface area (Å²) in [4.78, 5) is 13.8. The first-order valence-electron chi connectivity index (χ1n) is 10.4. The number of amides is 1. The minimum absolute atomic E-state index is 0.0162. The molecule has 1 amide bonds. The van der Waals surface area contributed by atoms with Crippen LogP contribution in [0.15, 0.2) is 53.7 Å². The second-order valence-corrected chi connectivity index (χ2v) is 10.4. The Morgan fingerprint density at radius 2 is 1.88 bits per heavy atom. The number of hydrogen-bond donors (Lipinski definition) is 1. The molecule has 0 atom stereocenters. The summed E-state index contributed by atoms with van der Waals surface area (Å²) in [5.74, 6) is -0.519. The Bertz CT molecular complexity index is 1270. The molecule has 0 saturated heterocycles. The van der Waals surface area contributed by atoms with Crippen LogP contribution in [-0.2, 0) is 20.2 Å². The Morgan fingerprint density at radius 1 is 1.26 bits per heavy atom. The molecular formula is C23H29N7O3S. The van der Waals surface area contributed by atoms with Crippen LogP contribution in [0.1, 0.15) is 39.0 Å². The van der Waals surface area contributed by atoms with Crippen molar-refractivity contribution in [3.05, 3.63) is 54.8 Å². The second-order valence-electron chi connectivity index (χ2n) is 8.58. The number of anilines is 2. The zero-order chi connectivity index (χ0) is 25.7. The van der Waals surface area contributed by atoms with Gasteiger partial charge < -0.3 is 10.2 Å². The van der Waals surface area contributed by atoms with E-state index in [-0.39, 0.29) is 28.7 Å². The zero-order valence-corrected chi connectivity index (χ0v) is 20.8. The van der Waals surface area contributed by atoms with Gasteiger partial charge in [-0.2, -0.15) is 10.4 Å². The van der Waals surface area contributed by atoms with Crippen molar-refractivity contribution in [3.63, 3.8) is 0 Å². The van der Waals surface area contributed by atoms with Crippen molar-refractivity contribution in [2.24, 2.45) is 10.2 Å². The van der Waals surface area contributed by atoms with Crippen molar-refractivity contribution in [1.82, 2.24) is 9.19 Å². The number of azo groups is 1. The summed E-state index contributed by atoms with van der Waals surface area (Å²) in [6.07, 6.45) is 4.47. The molecule has 1 N–H and O–H groups in total. The Labute approximate surface area is 200 Å². The number of benzene rings is 1. The molecule has 0 fully saturated rings. The van der Waals surface area contributed by atoms with Crippen LogP contribution in [0.25, 0.3) is 0 Å². The van der Waals surface area contributed by atoms with Crippen molar-refractivity contribution < 1.29 is 13.2 Å². The van der Waals surface area contributed by atoms with E-state index >= 15 is 0 Å². The molecule has 0 bridgehead atoms. The molecule has 0 saturated carbocycles. The Hall–Kier alpha value is -3.78. The lowest BCUT2D eigenvalue weighted by molar-refractivity contribution is -0.114. The van der Waals surface area contributed by atoms with E-state index in [9.17, 15) is 18.5 Å². The second kappa shape index (κ2) is 10.4. The van der Waals surface area contributed by atoms with Crippen LogP contribution >= 0.6 is 0 Å². The van der Waals surface area contributed by atoms with Crippen LogP contribution in [0.2, 0.25) is 0 Å². The van der Waals surface area contributed by atoms with Gasteiger partial charge in [-0.1, -0.05) is 32.9 Å². The number of aromatic nitrogens is 2. The number of carbonyl (C=O) groups is 1. The van der Waals surface area contributed by atoms with E-state index in [1.807, 2.05) is 31.7 Å². The number of rotatable bonds is 9. The van der Waals surface area contributed by atoms with Gasteiger partial charge >= 0.3 is 0 Å². The van der Waals surface area contributed by atoms with Gasteiger partial charge in [-0.15, -0.1) is 27.5 Å². The summed E-state index contributed by atoms with van der Waals surface area (Å²) in [7, 11) is -3.86. The molecule has 0 unspecified atom stereocenters. The minimum atomic E-state index is -3.86. The van der Waals surface area contributed by atoms with E-state index < -0.39 is 15.4 Å². The molecule has 10 nitrogen and oxygen atoms in total. The summed E-state index contributed by atoms with van der Waals surface area (Å²) < 4.78 is 25.4. The maximum absolute atomic E-state index is 12.3. The van der Waals surface area contributed by atoms with Gasteiger partial charge in [0.15, 0.2) is 0 Å². The number of nitriles is 1. The fourth-order valence-corrected chi connectivity index (χ4v) is 3.81. The van der Waals surface area contributed by atoms with E-state index in [1.54, 1.807) is 30.4 Å². The third kappa shape index (κ3) is 6.17. The van der Waals surface area contributed by atoms with Crippen LogP contribution in [-0.4, -0.2) is 42.9 Å². The van der Waals surface area contributed by atoms with Gasteiger partial charge in [0.05, 0.1) is 17.6 Å². The molecule has 34 heavy (non-hydrogen) atoms. The minimum Gasteiger partial charge on any atom is -0.364 e. The summed E-state index contributed by atoms with van der Waals surface area (Å²) >= 11 is 0. The Morgan fingerprint density at radius 3 is 2.35 bits per heavy atom. The number of hydrogen-bond acceptors (Lipinski definition) is 8. The predicted octanol–water partition coefficient (Wildman–Crippen LogP) is 4.41. The van der Waals surface area contributed by atoms with Gasteiger partial charge in [0.1, 0.15) is 17.3 Å². The molecule has 1 heterocycles. The van der Waals surface area contributed by atoms with Crippen molar-refractivity contribution in [1.29, 1.82) is 5.26 Å². The largest absolute Gasteiger partial charge is 0.364 e. The maximum atomic E-state index is 12.3. The lowest BCUT2D eigenvalue weighted by Gasteiger charge is -2.22. The molecule has 11 heteroatoms. The van der Waals surface area contributed by atoms with E-state index in [1.165, 1.54) is 6.92 Å². The number of nitrogens with zero attached hydrogens (tertiary/aromatic N) is 6. The van der Waals surface area contributed by atoms with E-state index in [2.05, 4.69) is 33.8 Å². The normalized spacial score (nSPS) is 11.8. The summed E-state index contributed by atoms with van der Waals surface area (Å²) in [5.41, 5.74) is 1.13. The molecule has 0 aliphatic rings. The SMILES string of the molecule is C=CCN(CC=C)c1ccc(/N=N/c2c(C#N)c(C(C)(C)C)nn2S(C)(=O)=O)c(NC(C)=O)c1. The average molecular weight is 484 g/mol. The first-order valence-corrected chi connectivity index (χ1v) is 12.2. The standard InChI is InChI=1S/C23H29N7O3S/c1-8-12-29(13-9-2)17-10-11-19(20(14-17)25-16(3)31)26-27-22-18(15-24)21(23(4,5)6)28-30(22)34(7,32)33/h8-11,14H,1-2,12-13H2,3-7H3,(H,25,31)/b27-26+. The topological polar surface area (TPSA) is 133 Å². The highest BCUT2D eigenvalue weighted by molar-refractivity contribution is 7.89. The Balaban J connectivity index is 2.67. The molecule has 0 aliphatic heterocycles. The number of carbonyl (C=O) groups excluding carboxylic acids is 1. The van der Waals surface area contributed by atoms with Crippen LogP contribution in [0.5, 0.6) is 0 Å². The van der Waals surface area contributed by atoms with E-state index in [4.69, 9.17) is 0 Å². The quantitative estimate of drug-likeness (QED) is 0.415. The van der Waals surface area contributed by atoms with Crippen molar-refractivity contribution in [2.75, 3.05) is 29.6 Å². The van der Waals surface area contributed by atoms with E-state index in [0.29, 0.717) is 22.9 Å². The smallest absolute Gasteiger partial charge is 0.252 e. The third-order valence-electron chi connectivity index (χ3n) is 4.58. The van der Waals surface area contributed by atoms with E-state index in [0.717, 1.165) is 11.9 Å². The van der Waals surface area contributed by atoms with Gasteiger partial charge in [-0.05, 0) is 18.2 Å². The molecule has 2 aromatic rings. The molecule has 2 rings (SSSR count). The molecule has 180 valence electrons. The Kier molecular flexibility index (Phi) is 8.13. The van der Waals surface area contributed by atoms with Crippen molar-refractivity contribution in [3.8, 4) is 6.07 Å². The lowest BCUT2D eigenvalue weighted by Crippen LogP contribution is -2.23. The zero-order valence-electron chi connectivity index (χ0n) is 20.0. The maximum Gasteiger partial charge on any atom is 0.252 e. The van der Waals surface area contributed by atoms with Crippen LogP contribution in [0.4, 0.5) is 22.9 Å². The third-order valence-corrected chi connectivity index (χ3v) is 5.46. The van der Waals surface area contributed by atoms with Gasteiger partial charge in [0.2, 0.25) is 11.7 Å². The molecule has 1 aromatic carbocycles. The summed E-state index contributed by atoms with van der Waals surface area (Å²) in [5, 5.41) is 24.9. The first-order chi connectivity index (χ1) is 15.8. The molecule has 0 aliphatic carbocycles. The van der Waals surface area contributed by atoms with Crippen molar-refractivity contribution >= 4 is 38.8 Å².